The minimum Gasteiger partial charge on any atom is -0.207 e. The van der Waals surface area contributed by atoms with Gasteiger partial charge in [-0.05, 0) is 50.3 Å². The van der Waals surface area contributed by atoms with E-state index in [2.05, 4.69) is 25.5 Å². The lowest BCUT2D eigenvalue weighted by molar-refractivity contribution is 0.269. The zero-order valence-corrected chi connectivity index (χ0v) is 14.4. The lowest BCUT2D eigenvalue weighted by Crippen LogP contribution is -2.45. The molecule has 0 fully saturated rings. The molecule has 0 atom stereocenters. The van der Waals surface area contributed by atoms with Gasteiger partial charge in [0.2, 0.25) is 10.0 Å². The lowest BCUT2D eigenvalue weighted by atomic mass is 9.82. The van der Waals surface area contributed by atoms with Gasteiger partial charge in [-0.25, -0.2) is 13.1 Å². The molecule has 0 unspecified atom stereocenters. The molecule has 5 heteroatoms. The Morgan fingerprint density at radius 2 is 1.76 bits per heavy atom. The van der Waals surface area contributed by atoms with Gasteiger partial charge in [-0.2, -0.15) is 5.26 Å². The van der Waals surface area contributed by atoms with E-state index < -0.39 is 15.6 Å². The second-order valence-corrected chi connectivity index (χ2v) is 8.97. The van der Waals surface area contributed by atoms with Gasteiger partial charge in [0.05, 0.1) is 16.5 Å². The maximum atomic E-state index is 12.6. The standard InChI is InChI=1S/C16H24N2O2S/c1-12-7-8-13(10-17)9-14(12)21(19,20)18-16(5,6)11-15(2,3)4/h7-9,18H,11H2,1-6H3. The monoisotopic (exact) mass is 308 g/mol. The Kier molecular flexibility index (Phi) is 4.87. The Balaban J connectivity index is 3.16. The lowest BCUT2D eigenvalue weighted by Gasteiger charge is -2.33. The number of hydrogen-bond donors (Lipinski definition) is 1. The summed E-state index contributed by atoms with van der Waals surface area (Å²) < 4.78 is 28.0. The molecule has 0 heterocycles. The van der Waals surface area contributed by atoms with E-state index in [9.17, 15) is 8.42 Å². The van der Waals surface area contributed by atoms with Gasteiger partial charge in [0, 0.05) is 5.54 Å². The van der Waals surface area contributed by atoms with Crippen molar-refractivity contribution in [1.82, 2.24) is 4.72 Å². The highest BCUT2D eigenvalue weighted by Crippen LogP contribution is 2.28. The van der Waals surface area contributed by atoms with Crippen LogP contribution < -0.4 is 4.72 Å². The average Bonchev–Trinajstić information content (AvgIpc) is 2.24. The van der Waals surface area contributed by atoms with Crippen molar-refractivity contribution in [1.29, 1.82) is 5.26 Å². The van der Waals surface area contributed by atoms with Crippen LogP contribution in [0.5, 0.6) is 0 Å². The summed E-state index contributed by atoms with van der Waals surface area (Å²) in [5, 5.41) is 8.94. The molecule has 0 aromatic heterocycles. The molecule has 1 aromatic carbocycles. The number of nitrogens with zero attached hydrogens (tertiary/aromatic N) is 1. The van der Waals surface area contributed by atoms with Gasteiger partial charge < -0.3 is 0 Å². The van der Waals surface area contributed by atoms with Crippen LogP contribution in [0.1, 0.15) is 52.2 Å². The first-order chi connectivity index (χ1) is 9.36. The fourth-order valence-electron chi connectivity index (χ4n) is 2.74. The second kappa shape index (κ2) is 5.78. The topological polar surface area (TPSA) is 70.0 Å². The number of aryl methyl sites for hydroxylation is 1. The van der Waals surface area contributed by atoms with Crippen molar-refractivity contribution in [3.63, 3.8) is 0 Å². The van der Waals surface area contributed by atoms with Crippen LogP contribution in [-0.4, -0.2) is 14.0 Å². The molecule has 0 spiro atoms. The first kappa shape index (κ1) is 17.7. The summed E-state index contributed by atoms with van der Waals surface area (Å²) in [6.07, 6.45) is 0.705. The zero-order valence-electron chi connectivity index (χ0n) is 13.6. The maximum Gasteiger partial charge on any atom is 0.241 e. The van der Waals surface area contributed by atoms with Crippen molar-refractivity contribution in [2.75, 3.05) is 0 Å². The normalized spacial score (nSPS) is 13.0. The molecule has 1 N–H and O–H groups in total. The van der Waals surface area contributed by atoms with Crippen LogP contribution >= 0.6 is 0 Å². The largest absolute Gasteiger partial charge is 0.241 e. The predicted octanol–water partition coefficient (Wildman–Crippen LogP) is 3.36. The van der Waals surface area contributed by atoms with Crippen LogP contribution in [0.3, 0.4) is 0 Å². The average molecular weight is 308 g/mol. The number of sulfonamides is 1. The van der Waals surface area contributed by atoms with E-state index in [1.165, 1.54) is 6.07 Å². The van der Waals surface area contributed by atoms with Gasteiger partial charge in [0.25, 0.3) is 0 Å². The molecule has 0 saturated heterocycles. The molecular formula is C16H24N2O2S. The number of hydrogen-bond acceptors (Lipinski definition) is 3. The molecule has 21 heavy (non-hydrogen) atoms. The summed E-state index contributed by atoms with van der Waals surface area (Å²) in [5.74, 6) is 0. The summed E-state index contributed by atoms with van der Waals surface area (Å²) in [4.78, 5) is 0.170. The smallest absolute Gasteiger partial charge is 0.207 e. The van der Waals surface area contributed by atoms with Crippen molar-refractivity contribution in [3.8, 4) is 6.07 Å². The summed E-state index contributed by atoms with van der Waals surface area (Å²) in [7, 11) is -3.65. The van der Waals surface area contributed by atoms with E-state index in [1.54, 1.807) is 19.1 Å². The molecule has 1 rings (SSSR count). The molecule has 0 bridgehead atoms. The van der Waals surface area contributed by atoms with Crippen LogP contribution in [0.15, 0.2) is 23.1 Å². The molecule has 0 saturated carbocycles. The van der Waals surface area contributed by atoms with Gasteiger partial charge in [-0.15, -0.1) is 0 Å². The zero-order chi connectivity index (χ0) is 16.5. The molecule has 0 amide bonds. The third-order valence-electron chi connectivity index (χ3n) is 2.99. The molecular weight excluding hydrogens is 284 g/mol. The number of rotatable bonds is 4. The fourth-order valence-corrected chi connectivity index (χ4v) is 4.42. The molecule has 4 nitrogen and oxygen atoms in total. The maximum absolute atomic E-state index is 12.6. The highest BCUT2D eigenvalue weighted by atomic mass is 32.2. The predicted molar refractivity (Wildman–Crippen MR) is 84.4 cm³/mol. The van der Waals surface area contributed by atoms with Gasteiger partial charge in [0.1, 0.15) is 0 Å². The van der Waals surface area contributed by atoms with Crippen LogP contribution in [0.25, 0.3) is 0 Å². The summed E-state index contributed by atoms with van der Waals surface area (Å²) in [6.45, 7) is 11.7. The Morgan fingerprint density at radius 3 is 2.24 bits per heavy atom. The van der Waals surface area contributed by atoms with E-state index in [-0.39, 0.29) is 10.3 Å². The second-order valence-electron chi connectivity index (χ2n) is 7.32. The van der Waals surface area contributed by atoms with Crippen LogP contribution in [0, 0.1) is 23.7 Å². The van der Waals surface area contributed by atoms with Crippen molar-refractivity contribution in [2.24, 2.45) is 5.41 Å². The highest BCUT2D eigenvalue weighted by molar-refractivity contribution is 7.89. The van der Waals surface area contributed by atoms with Gasteiger partial charge in [-0.1, -0.05) is 26.8 Å². The first-order valence-corrected chi connectivity index (χ1v) is 8.39. The van der Waals surface area contributed by atoms with E-state index >= 15 is 0 Å². The minimum atomic E-state index is -3.65. The highest BCUT2D eigenvalue weighted by Gasteiger charge is 2.31. The molecule has 0 radical (unpaired) electrons. The molecule has 0 aliphatic rings. The Bertz CT molecular complexity index is 662. The van der Waals surface area contributed by atoms with E-state index in [4.69, 9.17) is 5.26 Å². The summed E-state index contributed by atoms with van der Waals surface area (Å²) in [5.41, 5.74) is 0.421. The Morgan fingerprint density at radius 1 is 1.19 bits per heavy atom. The van der Waals surface area contributed by atoms with E-state index in [0.717, 1.165) is 0 Å². The minimum absolute atomic E-state index is 0.00949. The molecule has 116 valence electrons. The summed E-state index contributed by atoms with van der Waals surface area (Å²) >= 11 is 0. The quantitative estimate of drug-likeness (QED) is 0.927. The Labute approximate surface area is 128 Å². The SMILES string of the molecule is Cc1ccc(C#N)cc1S(=O)(=O)NC(C)(C)CC(C)(C)C. The van der Waals surface area contributed by atoms with Crippen LogP contribution in [0.2, 0.25) is 0 Å². The Hall–Kier alpha value is -1.38. The number of nitrogens with one attached hydrogen (secondary N) is 1. The fraction of sp³-hybridized carbons (Fsp3) is 0.562. The van der Waals surface area contributed by atoms with Gasteiger partial charge in [0.15, 0.2) is 0 Å². The summed E-state index contributed by atoms with van der Waals surface area (Å²) in [6, 6.07) is 6.67. The number of nitriles is 1. The molecule has 0 aliphatic heterocycles. The van der Waals surface area contributed by atoms with Crippen LogP contribution in [-0.2, 0) is 10.0 Å². The third-order valence-corrected chi connectivity index (χ3v) is 4.83. The van der Waals surface area contributed by atoms with Crippen molar-refractivity contribution < 1.29 is 8.42 Å². The van der Waals surface area contributed by atoms with Crippen molar-refractivity contribution in [2.45, 2.75) is 58.4 Å². The number of benzene rings is 1. The van der Waals surface area contributed by atoms with Crippen molar-refractivity contribution in [3.05, 3.63) is 29.3 Å². The molecule has 0 aliphatic carbocycles. The third kappa shape index (κ3) is 5.14. The first-order valence-electron chi connectivity index (χ1n) is 6.91. The molecule has 1 aromatic rings. The van der Waals surface area contributed by atoms with E-state index in [1.807, 2.05) is 19.9 Å². The van der Waals surface area contributed by atoms with E-state index in [0.29, 0.717) is 17.5 Å². The van der Waals surface area contributed by atoms with Gasteiger partial charge >= 0.3 is 0 Å². The van der Waals surface area contributed by atoms with Crippen molar-refractivity contribution >= 4 is 10.0 Å². The van der Waals surface area contributed by atoms with Crippen LogP contribution in [0.4, 0.5) is 0 Å². The van der Waals surface area contributed by atoms with Gasteiger partial charge in [-0.3, -0.25) is 0 Å².